The molecule has 2 aromatic rings. The lowest BCUT2D eigenvalue weighted by Gasteiger charge is -2.38. The van der Waals surface area contributed by atoms with E-state index in [0.29, 0.717) is 38.8 Å². The summed E-state index contributed by atoms with van der Waals surface area (Å²) in [5.41, 5.74) is 4.37. The van der Waals surface area contributed by atoms with Crippen molar-refractivity contribution in [2.45, 2.75) is 90.1 Å². The van der Waals surface area contributed by atoms with Gasteiger partial charge in [0.15, 0.2) is 0 Å². The standard InChI is InChI=1S/C19H27NO4.C18H25NO4/c1-19(2,3)15-8-6-7-13(11-15)16-12-14(17(21)23-4)9-10-20(16)18(22)24-5;1-18(2,3)14-7-5-6-12(10-14)15-11-13(16(20)21)8-9-19(15)17(22)23-4/h6-8,11,14,16H,9-10,12H2,1-5H3;5-7,10,13,15H,8-9,11H2,1-4H3,(H,20,21). The molecule has 0 radical (unpaired) electrons. The molecule has 47 heavy (non-hydrogen) atoms. The molecule has 0 spiro atoms. The minimum Gasteiger partial charge on any atom is -0.481 e. The Kier molecular flexibility index (Phi) is 12.5. The molecule has 2 heterocycles. The summed E-state index contributed by atoms with van der Waals surface area (Å²) in [5, 5.41) is 9.33. The minimum absolute atomic E-state index is 0.00697. The van der Waals surface area contributed by atoms with Gasteiger partial charge in [-0.15, -0.1) is 0 Å². The van der Waals surface area contributed by atoms with Crippen LogP contribution in [0.5, 0.6) is 0 Å². The molecule has 4 rings (SSSR count). The number of piperidine rings is 2. The van der Waals surface area contributed by atoms with Gasteiger partial charge in [-0.3, -0.25) is 9.59 Å². The molecular weight excluding hydrogens is 600 g/mol. The molecule has 4 unspecified atom stereocenters. The molecule has 4 atom stereocenters. The molecule has 258 valence electrons. The van der Waals surface area contributed by atoms with Crippen LogP contribution in [0, 0.1) is 11.8 Å². The number of carboxylic acids is 1. The van der Waals surface area contributed by atoms with Gasteiger partial charge in [-0.1, -0.05) is 90.1 Å². The first-order valence-corrected chi connectivity index (χ1v) is 16.2. The van der Waals surface area contributed by atoms with Gasteiger partial charge in [0.25, 0.3) is 0 Å². The van der Waals surface area contributed by atoms with Crippen molar-refractivity contribution in [3.63, 3.8) is 0 Å². The van der Waals surface area contributed by atoms with Gasteiger partial charge in [0.05, 0.1) is 45.2 Å². The number of benzene rings is 2. The molecule has 10 heteroatoms. The van der Waals surface area contributed by atoms with E-state index in [1.54, 1.807) is 9.80 Å². The van der Waals surface area contributed by atoms with E-state index in [0.717, 1.165) is 16.7 Å². The molecule has 2 amide bonds. The normalized spacial score (nSPS) is 21.6. The highest BCUT2D eigenvalue weighted by atomic mass is 16.5. The predicted octanol–water partition coefficient (Wildman–Crippen LogP) is 7.26. The number of aliphatic carboxylic acids is 1. The summed E-state index contributed by atoms with van der Waals surface area (Å²) in [6, 6.07) is 15.8. The average molecular weight is 653 g/mol. The number of carboxylic acid groups (broad SMARTS) is 1. The molecule has 0 saturated carbocycles. The minimum atomic E-state index is -0.800. The molecule has 2 saturated heterocycles. The van der Waals surface area contributed by atoms with Crippen LogP contribution in [0.2, 0.25) is 0 Å². The van der Waals surface area contributed by atoms with E-state index < -0.39 is 18.0 Å². The number of esters is 1. The van der Waals surface area contributed by atoms with E-state index >= 15 is 0 Å². The van der Waals surface area contributed by atoms with Gasteiger partial charge >= 0.3 is 24.1 Å². The number of methoxy groups -OCH3 is 3. The lowest BCUT2D eigenvalue weighted by atomic mass is 9.82. The van der Waals surface area contributed by atoms with Crippen LogP contribution in [-0.2, 0) is 34.6 Å². The van der Waals surface area contributed by atoms with Crippen LogP contribution in [0.15, 0.2) is 48.5 Å². The number of likely N-dealkylation sites (tertiary alicyclic amines) is 2. The van der Waals surface area contributed by atoms with Crippen molar-refractivity contribution < 1.29 is 38.5 Å². The summed E-state index contributed by atoms with van der Waals surface area (Å²) < 4.78 is 14.7. The summed E-state index contributed by atoms with van der Waals surface area (Å²) in [7, 11) is 4.15. The summed E-state index contributed by atoms with van der Waals surface area (Å²) >= 11 is 0. The first-order chi connectivity index (χ1) is 22.0. The maximum Gasteiger partial charge on any atom is 0.409 e. The highest BCUT2D eigenvalue weighted by molar-refractivity contribution is 5.74. The van der Waals surface area contributed by atoms with Crippen molar-refractivity contribution in [2.24, 2.45) is 11.8 Å². The topological polar surface area (TPSA) is 123 Å². The van der Waals surface area contributed by atoms with Crippen molar-refractivity contribution in [3.8, 4) is 0 Å². The van der Waals surface area contributed by atoms with Gasteiger partial charge < -0.3 is 29.1 Å². The number of carbonyl (C=O) groups excluding carboxylic acids is 3. The Hall–Kier alpha value is -4.08. The fourth-order valence-corrected chi connectivity index (χ4v) is 6.26. The third-order valence-corrected chi connectivity index (χ3v) is 9.18. The van der Waals surface area contributed by atoms with E-state index in [9.17, 15) is 24.3 Å². The monoisotopic (exact) mass is 652 g/mol. The lowest BCUT2D eigenvalue weighted by molar-refractivity contribution is -0.147. The number of nitrogens with zero attached hydrogens (tertiary/aromatic N) is 2. The molecule has 1 N–H and O–H groups in total. The van der Waals surface area contributed by atoms with Gasteiger partial charge in [0, 0.05) is 13.1 Å². The summed E-state index contributed by atoms with van der Waals surface area (Å²) in [5.74, 6) is -1.64. The average Bonchev–Trinajstić information content (AvgIpc) is 3.06. The highest BCUT2D eigenvalue weighted by Crippen LogP contribution is 2.38. The van der Waals surface area contributed by atoms with Gasteiger partial charge in [-0.25, -0.2) is 9.59 Å². The van der Waals surface area contributed by atoms with Crippen molar-refractivity contribution in [1.82, 2.24) is 9.80 Å². The van der Waals surface area contributed by atoms with E-state index in [1.165, 1.54) is 26.9 Å². The third-order valence-electron chi connectivity index (χ3n) is 9.18. The number of ether oxygens (including phenoxy) is 3. The number of rotatable bonds is 4. The Balaban J connectivity index is 0.000000256. The quantitative estimate of drug-likeness (QED) is 0.270. The molecule has 0 bridgehead atoms. The Labute approximate surface area is 279 Å². The van der Waals surface area contributed by atoms with Crippen molar-refractivity contribution in [1.29, 1.82) is 0 Å². The zero-order chi connectivity index (χ0) is 35.1. The number of amides is 2. The van der Waals surface area contributed by atoms with Crippen LogP contribution in [0.4, 0.5) is 9.59 Å². The lowest BCUT2D eigenvalue weighted by Crippen LogP contribution is -2.43. The summed E-state index contributed by atoms with van der Waals surface area (Å²) in [6.07, 6.45) is 1.26. The van der Waals surface area contributed by atoms with Crippen LogP contribution >= 0.6 is 0 Å². The first-order valence-electron chi connectivity index (χ1n) is 16.2. The zero-order valence-electron chi connectivity index (χ0n) is 29.4. The third kappa shape index (κ3) is 9.49. The molecule has 2 aromatic carbocycles. The van der Waals surface area contributed by atoms with Crippen LogP contribution < -0.4 is 0 Å². The summed E-state index contributed by atoms with van der Waals surface area (Å²) in [4.78, 5) is 50.9. The second kappa shape index (κ2) is 15.7. The molecule has 2 aliphatic heterocycles. The molecule has 0 aromatic heterocycles. The molecule has 2 aliphatic rings. The highest BCUT2D eigenvalue weighted by Gasteiger charge is 2.38. The second-order valence-corrected chi connectivity index (χ2v) is 14.4. The van der Waals surface area contributed by atoms with Crippen LogP contribution in [0.25, 0.3) is 0 Å². The molecule has 0 aliphatic carbocycles. The Morgan fingerprint density at radius 3 is 1.43 bits per heavy atom. The van der Waals surface area contributed by atoms with Crippen molar-refractivity contribution in [2.75, 3.05) is 34.4 Å². The van der Waals surface area contributed by atoms with Crippen LogP contribution in [0.3, 0.4) is 0 Å². The SMILES string of the molecule is COC(=O)C1CCN(C(=O)OC)C(c2cccc(C(C)(C)C)c2)C1.COC(=O)N1CCC(C(=O)O)CC1c1cccc(C(C)(C)C)c1. The first kappa shape index (κ1) is 37.4. The predicted molar refractivity (Wildman–Crippen MR) is 179 cm³/mol. The van der Waals surface area contributed by atoms with E-state index in [1.807, 2.05) is 24.3 Å². The molecular formula is C37H52N2O8. The molecule has 2 fully saturated rings. The maximum atomic E-state index is 12.2. The Morgan fingerprint density at radius 2 is 1.06 bits per heavy atom. The molecule has 10 nitrogen and oxygen atoms in total. The number of hydrogen-bond acceptors (Lipinski definition) is 7. The number of hydrogen-bond donors (Lipinski definition) is 1. The smallest absolute Gasteiger partial charge is 0.409 e. The Bertz CT molecular complexity index is 1410. The fraction of sp³-hybridized carbons (Fsp3) is 0.568. The van der Waals surface area contributed by atoms with Gasteiger partial charge in [0.1, 0.15) is 0 Å². The van der Waals surface area contributed by atoms with Crippen molar-refractivity contribution >= 4 is 24.1 Å². The van der Waals surface area contributed by atoms with Crippen LogP contribution in [0.1, 0.15) is 102 Å². The van der Waals surface area contributed by atoms with E-state index in [4.69, 9.17) is 14.2 Å². The zero-order valence-corrected chi connectivity index (χ0v) is 29.4. The van der Waals surface area contributed by atoms with Gasteiger partial charge in [-0.05, 0) is 58.8 Å². The largest absolute Gasteiger partial charge is 0.481 e. The second-order valence-electron chi connectivity index (χ2n) is 14.4. The van der Waals surface area contributed by atoms with E-state index in [2.05, 4.69) is 65.8 Å². The van der Waals surface area contributed by atoms with Gasteiger partial charge in [0.2, 0.25) is 0 Å². The Morgan fingerprint density at radius 1 is 0.660 bits per heavy atom. The maximum absolute atomic E-state index is 12.2. The van der Waals surface area contributed by atoms with Gasteiger partial charge in [-0.2, -0.15) is 0 Å². The number of carbonyl (C=O) groups is 4. The fourth-order valence-electron chi connectivity index (χ4n) is 6.26. The summed E-state index contributed by atoms with van der Waals surface area (Å²) in [6.45, 7) is 13.7. The van der Waals surface area contributed by atoms with Crippen LogP contribution in [-0.4, -0.2) is 73.5 Å². The van der Waals surface area contributed by atoms with E-state index in [-0.39, 0.29) is 40.9 Å². The van der Waals surface area contributed by atoms with Crippen molar-refractivity contribution in [3.05, 3.63) is 70.8 Å².